The first-order valence-corrected chi connectivity index (χ1v) is 7.65. The first kappa shape index (κ1) is 21.4. The molecule has 0 radical (unpaired) electrons. The monoisotopic (exact) mass is 333 g/mol. The summed E-state index contributed by atoms with van der Waals surface area (Å²) < 4.78 is 28.4. The summed E-state index contributed by atoms with van der Waals surface area (Å²) in [5.41, 5.74) is -1.50. The minimum atomic E-state index is -0.958. The zero-order valence-electron chi connectivity index (χ0n) is 14.8. The first-order chi connectivity index (χ1) is 10.5. The Balaban J connectivity index is 4.09. The van der Waals surface area contributed by atoms with E-state index in [0.717, 1.165) is 6.08 Å². The van der Waals surface area contributed by atoms with Gasteiger partial charge in [0.15, 0.2) is 0 Å². The number of nitrogens with one attached hydrogen (secondary N) is 1. The number of rotatable bonds is 8. The number of alkyl carbamates (subject to hydrolysis) is 1. The van der Waals surface area contributed by atoms with E-state index in [1.165, 1.54) is 0 Å². The van der Waals surface area contributed by atoms with Crippen LogP contribution < -0.4 is 5.32 Å². The molecule has 0 aliphatic carbocycles. The maximum atomic E-state index is 13.2. The van der Waals surface area contributed by atoms with Crippen LogP contribution in [0.1, 0.15) is 54.4 Å². The molecule has 0 rings (SSSR count). The van der Waals surface area contributed by atoms with Gasteiger partial charge in [-0.1, -0.05) is 0 Å². The molecule has 1 amide bonds. The molecule has 0 aromatic heterocycles. The smallest absolute Gasteiger partial charge is 0.409 e. The van der Waals surface area contributed by atoms with Crippen molar-refractivity contribution >= 4 is 12.1 Å². The third-order valence-corrected chi connectivity index (χ3v) is 2.41. The van der Waals surface area contributed by atoms with Crippen LogP contribution in [0.4, 0.5) is 9.18 Å². The van der Waals surface area contributed by atoms with E-state index in [1.54, 1.807) is 41.5 Å². The van der Waals surface area contributed by atoms with Crippen LogP contribution in [0, 0.1) is 0 Å². The molecule has 0 spiro atoms. The number of hydrogen-bond donors (Lipinski definition) is 1. The van der Waals surface area contributed by atoms with Gasteiger partial charge in [-0.15, -0.1) is 0 Å². The molecule has 0 saturated carbocycles. The molecule has 23 heavy (non-hydrogen) atoms. The summed E-state index contributed by atoms with van der Waals surface area (Å²) in [5.74, 6) is -1.86. The number of carbonyl (C=O) groups is 2. The van der Waals surface area contributed by atoms with E-state index in [1.807, 2.05) is 0 Å². The Labute approximate surface area is 137 Å². The fourth-order valence-corrected chi connectivity index (χ4v) is 1.51. The largest absolute Gasteiger partial charge is 0.461 e. The van der Waals surface area contributed by atoms with Crippen molar-refractivity contribution in [3.63, 3.8) is 0 Å². The lowest BCUT2D eigenvalue weighted by Gasteiger charge is -2.28. The van der Waals surface area contributed by atoms with Gasteiger partial charge in [-0.2, -0.15) is 4.39 Å². The maximum Gasteiger partial charge on any atom is 0.409 e. The Kier molecular flexibility index (Phi) is 8.82. The van der Waals surface area contributed by atoms with Gasteiger partial charge in [0.1, 0.15) is 11.3 Å². The summed E-state index contributed by atoms with van der Waals surface area (Å²) in [7, 11) is 0. The summed E-state index contributed by atoms with van der Waals surface area (Å²) in [4.78, 5) is 22.7. The molecule has 6 nitrogen and oxygen atoms in total. The van der Waals surface area contributed by atoms with Crippen molar-refractivity contribution in [2.75, 3.05) is 13.2 Å². The number of unbranched alkanes of at least 4 members (excludes halogenated alkanes) is 1. The van der Waals surface area contributed by atoms with Gasteiger partial charge in [0, 0.05) is 6.61 Å². The highest BCUT2D eigenvalue weighted by atomic mass is 19.1. The molecule has 0 aliphatic heterocycles. The van der Waals surface area contributed by atoms with E-state index in [2.05, 4.69) is 10.1 Å². The standard InChI is InChI=1S/C16H28FNO5/c1-7-21-13(19)12(17)10-8-9-11-22-16(5,6)18-14(20)23-15(2,3)4/h10H,7-9,11H2,1-6H3,(H,18,20)/b12-10-. The normalized spacial score (nSPS) is 12.7. The van der Waals surface area contributed by atoms with Crippen molar-refractivity contribution in [3.05, 3.63) is 11.9 Å². The van der Waals surface area contributed by atoms with E-state index < -0.39 is 29.2 Å². The average molecular weight is 333 g/mol. The van der Waals surface area contributed by atoms with E-state index in [9.17, 15) is 14.0 Å². The van der Waals surface area contributed by atoms with Gasteiger partial charge >= 0.3 is 12.1 Å². The molecule has 134 valence electrons. The molecule has 0 aromatic carbocycles. The number of ether oxygens (including phenoxy) is 3. The van der Waals surface area contributed by atoms with Crippen LogP contribution in [-0.2, 0) is 19.0 Å². The molecule has 0 heterocycles. The van der Waals surface area contributed by atoms with Crippen LogP contribution in [0.3, 0.4) is 0 Å². The fraction of sp³-hybridized carbons (Fsp3) is 0.750. The minimum Gasteiger partial charge on any atom is -0.461 e. The van der Waals surface area contributed by atoms with Crippen molar-refractivity contribution < 1.29 is 28.2 Å². The van der Waals surface area contributed by atoms with E-state index in [0.29, 0.717) is 12.8 Å². The number of amides is 1. The van der Waals surface area contributed by atoms with Crippen molar-refractivity contribution in [2.45, 2.75) is 65.7 Å². The summed E-state index contributed by atoms with van der Waals surface area (Å²) in [6.07, 6.45) is 1.41. The topological polar surface area (TPSA) is 73.9 Å². The van der Waals surface area contributed by atoms with Gasteiger partial charge in [-0.05, 0) is 60.5 Å². The fourth-order valence-electron chi connectivity index (χ4n) is 1.51. The predicted octanol–water partition coefficient (Wildman–Crippen LogP) is 3.46. The molecule has 0 fully saturated rings. The van der Waals surface area contributed by atoms with Crippen LogP contribution >= 0.6 is 0 Å². The molecule has 1 N–H and O–H groups in total. The highest BCUT2D eigenvalue weighted by molar-refractivity contribution is 5.85. The summed E-state index contributed by atoms with van der Waals surface area (Å²) in [6.45, 7) is 10.7. The van der Waals surface area contributed by atoms with E-state index in [4.69, 9.17) is 9.47 Å². The Hall–Kier alpha value is -1.63. The minimum absolute atomic E-state index is 0.133. The molecular formula is C16H28FNO5. The molecule has 0 unspecified atom stereocenters. The Morgan fingerprint density at radius 1 is 1.17 bits per heavy atom. The van der Waals surface area contributed by atoms with Crippen molar-refractivity contribution in [2.24, 2.45) is 0 Å². The third-order valence-electron chi connectivity index (χ3n) is 2.41. The number of halogens is 1. The van der Waals surface area contributed by atoms with Crippen LogP contribution in [0.2, 0.25) is 0 Å². The first-order valence-electron chi connectivity index (χ1n) is 7.65. The second kappa shape index (κ2) is 9.50. The Morgan fingerprint density at radius 2 is 1.78 bits per heavy atom. The summed E-state index contributed by atoms with van der Waals surface area (Å²) >= 11 is 0. The van der Waals surface area contributed by atoms with Crippen molar-refractivity contribution in [3.8, 4) is 0 Å². The van der Waals surface area contributed by atoms with Crippen LogP contribution in [-0.4, -0.2) is 36.6 Å². The molecule has 0 atom stereocenters. The second-order valence-corrected chi connectivity index (χ2v) is 6.40. The predicted molar refractivity (Wildman–Crippen MR) is 84.5 cm³/mol. The molecule has 7 heteroatoms. The molecule has 0 saturated heterocycles. The Morgan fingerprint density at radius 3 is 2.30 bits per heavy atom. The van der Waals surface area contributed by atoms with E-state index in [-0.39, 0.29) is 13.2 Å². The quantitative estimate of drug-likeness (QED) is 0.319. The van der Waals surface area contributed by atoms with E-state index >= 15 is 0 Å². The van der Waals surface area contributed by atoms with Crippen LogP contribution in [0.25, 0.3) is 0 Å². The average Bonchev–Trinajstić information content (AvgIpc) is 2.34. The van der Waals surface area contributed by atoms with Gasteiger partial charge in [0.05, 0.1) is 6.61 Å². The highest BCUT2D eigenvalue weighted by Gasteiger charge is 2.24. The van der Waals surface area contributed by atoms with Gasteiger partial charge in [0.25, 0.3) is 0 Å². The zero-order chi connectivity index (χ0) is 18.1. The Bertz CT molecular complexity index is 427. The molecule has 0 aromatic rings. The third kappa shape index (κ3) is 11.6. The summed E-state index contributed by atoms with van der Waals surface area (Å²) in [5, 5.41) is 2.60. The second-order valence-electron chi connectivity index (χ2n) is 6.40. The van der Waals surface area contributed by atoms with Crippen molar-refractivity contribution in [1.29, 1.82) is 0 Å². The lowest BCUT2D eigenvalue weighted by atomic mass is 10.2. The lowest BCUT2D eigenvalue weighted by molar-refractivity contribution is -0.140. The van der Waals surface area contributed by atoms with Gasteiger partial charge in [0.2, 0.25) is 5.83 Å². The number of allylic oxidation sites excluding steroid dienone is 1. The summed E-state index contributed by atoms with van der Waals surface area (Å²) in [6, 6.07) is 0. The van der Waals surface area contributed by atoms with Crippen molar-refractivity contribution in [1.82, 2.24) is 5.32 Å². The lowest BCUT2D eigenvalue weighted by Crippen LogP contribution is -2.47. The number of hydrogen-bond acceptors (Lipinski definition) is 5. The molecular weight excluding hydrogens is 305 g/mol. The molecule has 0 bridgehead atoms. The molecule has 0 aliphatic rings. The SMILES string of the molecule is CCOC(=O)/C(F)=C/CCCOC(C)(C)NC(=O)OC(C)(C)C. The number of carbonyl (C=O) groups excluding carboxylic acids is 2. The van der Waals surface area contributed by atoms with Gasteiger partial charge in [-0.3, -0.25) is 5.32 Å². The number of esters is 1. The van der Waals surface area contributed by atoms with Gasteiger partial charge < -0.3 is 14.2 Å². The van der Waals surface area contributed by atoms with Crippen LogP contribution in [0.5, 0.6) is 0 Å². The highest BCUT2D eigenvalue weighted by Crippen LogP contribution is 2.11. The zero-order valence-corrected chi connectivity index (χ0v) is 14.8. The van der Waals surface area contributed by atoms with Gasteiger partial charge in [-0.25, -0.2) is 9.59 Å². The van der Waals surface area contributed by atoms with Crippen LogP contribution in [0.15, 0.2) is 11.9 Å². The maximum absolute atomic E-state index is 13.2.